The first-order valence-electron chi connectivity index (χ1n) is 5.93. The van der Waals surface area contributed by atoms with Gasteiger partial charge in [-0.1, -0.05) is 6.07 Å². The Hall–Kier alpha value is -2.11. The maximum Gasteiger partial charge on any atom is 0.323 e. The van der Waals surface area contributed by atoms with Crippen LogP contribution >= 0.6 is 0 Å². The van der Waals surface area contributed by atoms with E-state index in [2.05, 4.69) is 10.3 Å². The van der Waals surface area contributed by atoms with E-state index in [-0.39, 0.29) is 17.9 Å². The van der Waals surface area contributed by atoms with Crippen LogP contribution in [0.3, 0.4) is 0 Å². The van der Waals surface area contributed by atoms with Crippen molar-refractivity contribution in [2.45, 2.75) is 12.8 Å². The first kappa shape index (κ1) is 12.3. The second kappa shape index (κ2) is 5.48. The molecule has 2 heterocycles. The second-order valence-electron chi connectivity index (χ2n) is 4.31. The summed E-state index contributed by atoms with van der Waals surface area (Å²) in [7, 11) is 0. The smallest absolute Gasteiger partial charge is 0.323 e. The lowest BCUT2D eigenvalue weighted by Crippen LogP contribution is -2.43. The maximum atomic E-state index is 11.9. The highest BCUT2D eigenvalue weighted by Crippen LogP contribution is 2.17. The number of rotatable bonds is 2. The highest BCUT2D eigenvalue weighted by atomic mass is 16.2. The third-order valence-electron chi connectivity index (χ3n) is 3.08. The standard InChI is InChI=1S/C12H16N4O2/c13-11(17)9-4-7-16(8-5-9)12(18)15-10-3-1-2-6-14-10/h1-3,6,9H,4-5,7-8H2,(H2,13,17)(H,14,15,18). The predicted molar refractivity (Wildman–Crippen MR) is 66.7 cm³/mol. The number of piperidine rings is 1. The van der Waals surface area contributed by atoms with Crippen LogP contribution < -0.4 is 11.1 Å². The summed E-state index contributed by atoms with van der Waals surface area (Å²) in [6.45, 7) is 1.10. The van der Waals surface area contributed by atoms with Gasteiger partial charge in [-0.15, -0.1) is 0 Å². The fourth-order valence-corrected chi connectivity index (χ4v) is 1.99. The van der Waals surface area contributed by atoms with Crippen molar-refractivity contribution >= 4 is 17.8 Å². The number of carbonyl (C=O) groups is 2. The molecule has 1 aromatic heterocycles. The minimum Gasteiger partial charge on any atom is -0.369 e. The average molecular weight is 248 g/mol. The van der Waals surface area contributed by atoms with E-state index in [1.54, 1.807) is 23.2 Å². The highest BCUT2D eigenvalue weighted by Gasteiger charge is 2.25. The summed E-state index contributed by atoms with van der Waals surface area (Å²) < 4.78 is 0. The van der Waals surface area contributed by atoms with Gasteiger partial charge in [-0.25, -0.2) is 9.78 Å². The Labute approximate surface area is 105 Å². The summed E-state index contributed by atoms with van der Waals surface area (Å²) in [5.74, 6) is 0.142. The van der Waals surface area contributed by atoms with Crippen LogP contribution in [0.25, 0.3) is 0 Å². The van der Waals surface area contributed by atoms with Crippen LogP contribution in [0.5, 0.6) is 0 Å². The molecule has 1 saturated heterocycles. The molecule has 2 rings (SSSR count). The third kappa shape index (κ3) is 2.97. The molecule has 1 aliphatic heterocycles. The van der Waals surface area contributed by atoms with Crippen molar-refractivity contribution in [1.29, 1.82) is 0 Å². The van der Waals surface area contributed by atoms with Crippen LogP contribution in [0.1, 0.15) is 12.8 Å². The Morgan fingerprint density at radius 3 is 2.61 bits per heavy atom. The van der Waals surface area contributed by atoms with Crippen LogP contribution in [0.15, 0.2) is 24.4 Å². The zero-order chi connectivity index (χ0) is 13.0. The van der Waals surface area contributed by atoms with Crippen molar-refractivity contribution in [3.63, 3.8) is 0 Å². The predicted octanol–water partition coefficient (Wildman–Crippen LogP) is 0.811. The lowest BCUT2D eigenvalue weighted by atomic mass is 9.96. The fraction of sp³-hybridized carbons (Fsp3) is 0.417. The summed E-state index contributed by atoms with van der Waals surface area (Å²) in [5, 5.41) is 2.72. The van der Waals surface area contributed by atoms with Gasteiger partial charge in [-0.05, 0) is 25.0 Å². The zero-order valence-electron chi connectivity index (χ0n) is 10.0. The first-order chi connectivity index (χ1) is 8.66. The van der Waals surface area contributed by atoms with E-state index in [0.29, 0.717) is 31.7 Å². The molecule has 0 atom stereocenters. The molecule has 0 unspecified atom stereocenters. The maximum absolute atomic E-state index is 11.9. The second-order valence-corrected chi connectivity index (χ2v) is 4.31. The highest BCUT2D eigenvalue weighted by molar-refractivity contribution is 5.88. The molecule has 1 aromatic rings. The molecule has 0 radical (unpaired) electrons. The summed E-state index contributed by atoms with van der Waals surface area (Å²) in [4.78, 5) is 28.6. The SMILES string of the molecule is NC(=O)C1CCN(C(=O)Nc2ccccn2)CC1. The van der Waals surface area contributed by atoms with E-state index >= 15 is 0 Å². The van der Waals surface area contributed by atoms with Crippen molar-refractivity contribution in [3.05, 3.63) is 24.4 Å². The van der Waals surface area contributed by atoms with Crippen molar-refractivity contribution in [2.24, 2.45) is 11.7 Å². The molecule has 0 spiro atoms. The Morgan fingerprint density at radius 1 is 1.33 bits per heavy atom. The van der Waals surface area contributed by atoms with E-state index in [1.807, 2.05) is 6.07 Å². The van der Waals surface area contributed by atoms with E-state index in [1.165, 1.54) is 0 Å². The van der Waals surface area contributed by atoms with Gasteiger partial charge in [0.05, 0.1) is 0 Å². The first-order valence-corrected chi connectivity index (χ1v) is 5.93. The lowest BCUT2D eigenvalue weighted by Gasteiger charge is -2.30. The molecule has 0 aromatic carbocycles. The molecule has 3 N–H and O–H groups in total. The zero-order valence-corrected chi connectivity index (χ0v) is 10.0. The molecule has 0 bridgehead atoms. The number of nitrogens with one attached hydrogen (secondary N) is 1. The number of carbonyl (C=O) groups excluding carboxylic acids is 2. The molecular formula is C12H16N4O2. The molecule has 6 heteroatoms. The lowest BCUT2D eigenvalue weighted by molar-refractivity contribution is -0.122. The van der Waals surface area contributed by atoms with Gasteiger partial charge in [0, 0.05) is 25.2 Å². The number of aromatic nitrogens is 1. The number of hydrogen-bond donors (Lipinski definition) is 2. The number of hydrogen-bond acceptors (Lipinski definition) is 3. The van der Waals surface area contributed by atoms with Crippen LogP contribution in [0.4, 0.5) is 10.6 Å². The third-order valence-corrected chi connectivity index (χ3v) is 3.08. The summed E-state index contributed by atoms with van der Waals surface area (Å²) in [5.41, 5.74) is 5.24. The molecule has 1 fully saturated rings. The average Bonchev–Trinajstić information content (AvgIpc) is 2.40. The van der Waals surface area contributed by atoms with Crippen LogP contribution in [0.2, 0.25) is 0 Å². The monoisotopic (exact) mass is 248 g/mol. The van der Waals surface area contributed by atoms with Crippen LogP contribution in [0, 0.1) is 5.92 Å². The molecular weight excluding hydrogens is 232 g/mol. The summed E-state index contributed by atoms with van der Waals surface area (Å²) in [6.07, 6.45) is 2.88. The van der Waals surface area contributed by atoms with Gasteiger partial charge in [0.2, 0.25) is 5.91 Å². The largest absolute Gasteiger partial charge is 0.369 e. The number of urea groups is 1. The minimum atomic E-state index is -0.278. The van der Waals surface area contributed by atoms with Crippen molar-refractivity contribution < 1.29 is 9.59 Å². The number of nitrogens with two attached hydrogens (primary N) is 1. The van der Waals surface area contributed by atoms with Gasteiger partial charge in [0.25, 0.3) is 0 Å². The van der Waals surface area contributed by atoms with Gasteiger partial charge >= 0.3 is 6.03 Å². The van der Waals surface area contributed by atoms with Crippen molar-refractivity contribution in [1.82, 2.24) is 9.88 Å². The molecule has 96 valence electrons. The van der Waals surface area contributed by atoms with Crippen LogP contribution in [-0.2, 0) is 4.79 Å². The van der Waals surface area contributed by atoms with E-state index < -0.39 is 0 Å². The van der Waals surface area contributed by atoms with Gasteiger partial charge in [-0.2, -0.15) is 0 Å². The number of pyridine rings is 1. The number of anilines is 1. The molecule has 3 amide bonds. The van der Waals surface area contributed by atoms with Crippen LogP contribution in [-0.4, -0.2) is 34.9 Å². The van der Waals surface area contributed by atoms with Gasteiger partial charge < -0.3 is 10.6 Å². The molecule has 0 aliphatic carbocycles. The Kier molecular flexibility index (Phi) is 3.76. The Morgan fingerprint density at radius 2 is 2.06 bits per heavy atom. The molecule has 6 nitrogen and oxygen atoms in total. The molecule has 0 saturated carbocycles. The normalized spacial score (nSPS) is 16.3. The molecule has 18 heavy (non-hydrogen) atoms. The number of primary amides is 1. The topological polar surface area (TPSA) is 88.3 Å². The molecule has 1 aliphatic rings. The van der Waals surface area contributed by atoms with E-state index in [9.17, 15) is 9.59 Å². The minimum absolute atomic E-state index is 0.107. The van der Waals surface area contributed by atoms with E-state index in [0.717, 1.165) is 0 Å². The van der Waals surface area contributed by atoms with Crippen molar-refractivity contribution in [2.75, 3.05) is 18.4 Å². The Bertz CT molecular complexity index is 427. The summed E-state index contributed by atoms with van der Waals surface area (Å²) in [6, 6.07) is 5.14. The number of amides is 3. The van der Waals surface area contributed by atoms with Gasteiger partial charge in [-0.3, -0.25) is 10.1 Å². The quantitative estimate of drug-likeness (QED) is 0.811. The summed E-state index contributed by atoms with van der Waals surface area (Å²) >= 11 is 0. The van der Waals surface area contributed by atoms with Gasteiger partial charge in [0.1, 0.15) is 5.82 Å². The van der Waals surface area contributed by atoms with Crippen molar-refractivity contribution in [3.8, 4) is 0 Å². The number of likely N-dealkylation sites (tertiary alicyclic amines) is 1. The van der Waals surface area contributed by atoms with Gasteiger partial charge in [0.15, 0.2) is 0 Å². The fourth-order valence-electron chi connectivity index (χ4n) is 1.99. The number of nitrogens with zero attached hydrogens (tertiary/aromatic N) is 2. The van der Waals surface area contributed by atoms with E-state index in [4.69, 9.17) is 5.73 Å². The Balaban J connectivity index is 1.86.